The first-order valence-electron chi connectivity index (χ1n) is 4.77. The second-order valence-corrected chi connectivity index (χ2v) is 3.30. The predicted octanol–water partition coefficient (Wildman–Crippen LogP) is 0.864. The average molecular weight is 203 g/mol. The van der Waals surface area contributed by atoms with Gasteiger partial charge < -0.3 is 15.4 Å². The zero-order chi connectivity index (χ0) is 10.7. The summed E-state index contributed by atoms with van der Waals surface area (Å²) in [6, 6.07) is 7.25. The Morgan fingerprint density at radius 2 is 2.07 bits per heavy atom. The monoisotopic (exact) mass is 203 g/mol. The van der Waals surface area contributed by atoms with Gasteiger partial charge in [-0.25, -0.2) is 0 Å². The predicted molar refractivity (Wildman–Crippen MR) is 57.6 cm³/mol. The Bertz CT molecular complexity index is 424. The summed E-state index contributed by atoms with van der Waals surface area (Å²) < 4.78 is 1.95. The van der Waals surface area contributed by atoms with E-state index in [4.69, 9.17) is 10.8 Å². The van der Waals surface area contributed by atoms with Crippen LogP contribution in [0.15, 0.2) is 42.9 Å². The van der Waals surface area contributed by atoms with E-state index in [2.05, 4.69) is 4.98 Å². The summed E-state index contributed by atoms with van der Waals surface area (Å²) in [5.74, 6) is 0. The first kappa shape index (κ1) is 9.89. The molecule has 0 aromatic carbocycles. The topological polar surface area (TPSA) is 64.1 Å². The van der Waals surface area contributed by atoms with Gasteiger partial charge in [-0.15, -0.1) is 0 Å². The highest BCUT2D eigenvalue weighted by molar-refractivity contribution is 5.33. The third kappa shape index (κ3) is 1.91. The lowest BCUT2D eigenvalue weighted by molar-refractivity contribution is 0.265. The maximum atomic E-state index is 9.03. The van der Waals surface area contributed by atoms with E-state index in [1.807, 2.05) is 35.0 Å². The van der Waals surface area contributed by atoms with Gasteiger partial charge in [-0.2, -0.15) is 0 Å². The lowest BCUT2D eigenvalue weighted by Gasteiger charge is -2.13. The van der Waals surface area contributed by atoms with E-state index in [0.29, 0.717) is 0 Å². The minimum Gasteiger partial charge on any atom is -0.394 e. The molecule has 4 heteroatoms. The number of aliphatic hydroxyl groups is 1. The van der Waals surface area contributed by atoms with E-state index in [-0.39, 0.29) is 12.6 Å². The first-order valence-corrected chi connectivity index (χ1v) is 4.77. The van der Waals surface area contributed by atoms with Gasteiger partial charge in [0, 0.05) is 30.0 Å². The summed E-state index contributed by atoms with van der Waals surface area (Å²) in [5.41, 5.74) is 7.68. The van der Waals surface area contributed by atoms with E-state index in [1.54, 1.807) is 12.4 Å². The van der Waals surface area contributed by atoms with E-state index in [0.717, 1.165) is 11.4 Å². The van der Waals surface area contributed by atoms with Crippen molar-refractivity contribution in [1.29, 1.82) is 0 Å². The second-order valence-electron chi connectivity index (χ2n) is 3.30. The molecule has 4 nitrogen and oxygen atoms in total. The van der Waals surface area contributed by atoms with Crippen LogP contribution in [0.5, 0.6) is 0 Å². The highest BCUT2D eigenvalue weighted by atomic mass is 16.3. The van der Waals surface area contributed by atoms with Gasteiger partial charge in [0.1, 0.15) is 0 Å². The third-order valence-electron chi connectivity index (χ3n) is 2.30. The molecule has 0 fully saturated rings. The van der Waals surface area contributed by atoms with Crippen LogP contribution >= 0.6 is 0 Å². The van der Waals surface area contributed by atoms with Crippen molar-refractivity contribution in [3.05, 3.63) is 48.5 Å². The lowest BCUT2D eigenvalue weighted by atomic mass is 10.2. The van der Waals surface area contributed by atoms with Crippen molar-refractivity contribution in [2.45, 2.75) is 6.04 Å². The van der Waals surface area contributed by atoms with Crippen LogP contribution in [0, 0.1) is 0 Å². The molecule has 78 valence electrons. The molecule has 1 atom stereocenters. The van der Waals surface area contributed by atoms with Gasteiger partial charge in [0.25, 0.3) is 0 Å². The maximum Gasteiger partial charge on any atom is 0.0688 e. The van der Waals surface area contributed by atoms with E-state index in [1.165, 1.54) is 0 Å². The number of rotatable bonds is 3. The molecule has 2 rings (SSSR count). The zero-order valence-electron chi connectivity index (χ0n) is 8.24. The number of aromatic nitrogens is 2. The van der Waals surface area contributed by atoms with Crippen molar-refractivity contribution in [1.82, 2.24) is 9.55 Å². The van der Waals surface area contributed by atoms with Crippen molar-refractivity contribution in [2.24, 2.45) is 5.73 Å². The van der Waals surface area contributed by atoms with Gasteiger partial charge in [0.15, 0.2) is 0 Å². The number of nitrogens with zero attached hydrogens (tertiary/aromatic N) is 2. The standard InChI is InChI=1S/C11H13N3O/c12-10(8-15)11-2-1-7-14(11)9-3-5-13-6-4-9/h1-7,10,15H,8,12H2/t10-/m1/s1. The molecule has 0 amide bonds. The Morgan fingerprint density at radius 1 is 1.33 bits per heavy atom. The molecule has 0 aliphatic rings. The van der Waals surface area contributed by atoms with Crippen LogP contribution in [0.25, 0.3) is 5.69 Å². The fourth-order valence-corrected chi connectivity index (χ4v) is 1.53. The molecular formula is C11H13N3O. The van der Waals surface area contributed by atoms with Crippen molar-refractivity contribution >= 4 is 0 Å². The van der Waals surface area contributed by atoms with E-state index in [9.17, 15) is 0 Å². The van der Waals surface area contributed by atoms with Crippen molar-refractivity contribution < 1.29 is 5.11 Å². The van der Waals surface area contributed by atoms with Crippen LogP contribution in [-0.2, 0) is 0 Å². The summed E-state index contributed by atoms with van der Waals surface area (Å²) in [7, 11) is 0. The van der Waals surface area contributed by atoms with Gasteiger partial charge in [-0.05, 0) is 24.3 Å². The molecule has 3 N–H and O–H groups in total. The fraction of sp³-hybridized carbons (Fsp3) is 0.182. The molecule has 0 saturated heterocycles. The lowest BCUT2D eigenvalue weighted by Crippen LogP contribution is -2.17. The van der Waals surface area contributed by atoms with Gasteiger partial charge >= 0.3 is 0 Å². The SMILES string of the molecule is N[C@H](CO)c1cccn1-c1ccncc1. The van der Waals surface area contributed by atoms with Crippen molar-refractivity contribution in [2.75, 3.05) is 6.61 Å². The Balaban J connectivity index is 2.41. The van der Waals surface area contributed by atoms with Gasteiger partial charge in [0.05, 0.1) is 12.6 Å². The Kier molecular flexibility index (Phi) is 2.80. The van der Waals surface area contributed by atoms with Crippen LogP contribution in [0.4, 0.5) is 0 Å². The third-order valence-corrected chi connectivity index (χ3v) is 2.30. The van der Waals surface area contributed by atoms with Crippen molar-refractivity contribution in [3.8, 4) is 5.69 Å². The average Bonchev–Trinajstić information content (AvgIpc) is 2.78. The van der Waals surface area contributed by atoms with Gasteiger partial charge in [-0.3, -0.25) is 4.98 Å². The second kappa shape index (κ2) is 4.25. The smallest absolute Gasteiger partial charge is 0.0688 e. The summed E-state index contributed by atoms with van der Waals surface area (Å²) in [6.07, 6.45) is 5.37. The minimum absolute atomic E-state index is 0.0604. The number of hydrogen-bond donors (Lipinski definition) is 2. The Morgan fingerprint density at radius 3 is 2.73 bits per heavy atom. The molecular weight excluding hydrogens is 190 g/mol. The molecule has 0 bridgehead atoms. The number of pyridine rings is 1. The molecule has 0 radical (unpaired) electrons. The summed E-state index contributed by atoms with van der Waals surface area (Å²) in [6.45, 7) is -0.0604. The molecule has 0 aliphatic carbocycles. The quantitative estimate of drug-likeness (QED) is 0.777. The van der Waals surface area contributed by atoms with E-state index < -0.39 is 0 Å². The molecule has 2 aromatic rings. The Labute approximate surface area is 88.0 Å². The maximum absolute atomic E-state index is 9.03. The molecule has 0 spiro atoms. The summed E-state index contributed by atoms with van der Waals surface area (Å²) >= 11 is 0. The van der Waals surface area contributed by atoms with Crippen molar-refractivity contribution in [3.63, 3.8) is 0 Å². The van der Waals surface area contributed by atoms with Crippen LogP contribution in [0.2, 0.25) is 0 Å². The first-order chi connectivity index (χ1) is 7.33. The fourth-order valence-electron chi connectivity index (χ4n) is 1.53. The number of aliphatic hydroxyl groups excluding tert-OH is 1. The molecule has 0 unspecified atom stereocenters. The van der Waals surface area contributed by atoms with Crippen LogP contribution in [0.1, 0.15) is 11.7 Å². The summed E-state index contributed by atoms with van der Waals surface area (Å²) in [5, 5.41) is 9.03. The molecule has 0 saturated carbocycles. The number of hydrogen-bond acceptors (Lipinski definition) is 3. The molecule has 2 aromatic heterocycles. The Hall–Kier alpha value is -1.65. The number of nitrogens with two attached hydrogens (primary N) is 1. The molecule has 15 heavy (non-hydrogen) atoms. The van der Waals surface area contributed by atoms with Crippen LogP contribution in [-0.4, -0.2) is 21.3 Å². The molecule has 2 heterocycles. The highest BCUT2D eigenvalue weighted by Crippen LogP contribution is 2.16. The van der Waals surface area contributed by atoms with E-state index >= 15 is 0 Å². The minimum atomic E-state index is -0.354. The highest BCUT2D eigenvalue weighted by Gasteiger charge is 2.09. The molecule has 0 aliphatic heterocycles. The normalized spacial score (nSPS) is 12.7. The summed E-state index contributed by atoms with van der Waals surface area (Å²) in [4.78, 5) is 3.96. The van der Waals surface area contributed by atoms with Crippen LogP contribution < -0.4 is 5.73 Å². The van der Waals surface area contributed by atoms with Crippen LogP contribution in [0.3, 0.4) is 0 Å². The van der Waals surface area contributed by atoms with Gasteiger partial charge in [-0.1, -0.05) is 0 Å². The zero-order valence-corrected chi connectivity index (χ0v) is 8.24. The largest absolute Gasteiger partial charge is 0.394 e. The van der Waals surface area contributed by atoms with Gasteiger partial charge in [0.2, 0.25) is 0 Å².